The summed E-state index contributed by atoms with van der Waals surface area (Å²) in [6.45, 7) is 9.95. The number of carbonyl (C=O) groups excluding carboxylic acids is 1. The van der Waals surface area contributed by atoms with Gasteiger partial charge in [-0.3, -0.25) is 4.90 Å². The molecule has 100 valence electrons. The second-order valence-electron chi connectivity index (χ2n) is 4.72. The standard InChI is InChI=1S/C11H20N2O2.C2H6/c1-9-7-10(8-9)12-3-5-13(6-4-12)11(14)15-2;1-2/h9-10H,3-8H2,1-2H3;1-2H3. The zero-order valence-corrected chi connectivity index (χ0v) is 11.6. The average molecular weight is 242 g/mol. The van der Waals surface area contributed by atoms with Crippen molar-refractivity contribution >= 4 is 6.09 Å². The van der Waals surface area contributed by atoms with Crippen LogP contribution in [-0.4, -0.2) is 55.2 Å². The summed E-state index contributed by atoms with van der Waals surface area (Å²) in [6.07, 6.45) is 2.48. The first-order valence-electron chi connectivity index (χ1n) is 6.77. The molecule has 2 rings (SSSR count). The Bertz CT molecular complexity index is 232. The molecule has 4 heteroatoms. The Morgan fingerprint density at radius 3 is 2.06 bits per heavy atom. The maximum absolute atomic E-state index is 11.3. The normalized spacial score (nSPS) is 28.8. The molecule has 0 spiro atoms. The lowest BCUT2D eigenvalue weighted by Crippen LogP contribution is -2.54. The number of nitrogens with zero attached hydrogens (tertiary/aromatic N) is 2. The van der Waals surface area contributed by atoms with E-state index in [0.29, 0.717) is 0 Å². The third-order valence-electron chi connectivity index (χ3n) is 3.61. The fourth-order valence-electron chi connectivity index (χ4n) is 2.56. The first kappa shape index (κ1) is 14.3. The van der Waals surface area contributed by atoms with Crippen molar-refractivity contribution in [3.63, 3.8) is 0 Å². The van der Waals surface area contributed by atoms with Crippen molar-refractivity contribution in [3.8, 4) is 0 Å². The fraction of sp³-hybridized carbons (Fsp3) is 0.923. The zero-order valence-electron chi connectivity index (χ0n) is 11.6. The Kier molecular flexibility index (Phi) is 5.75. The van der Waals surface area contributed by atoms with E-state index in [1.54, 1.807) is 4.90 Å². The minimum Gasteiger partial charge on any atom is -0.453 e. The molecule has 0 atom stereocenters. The van der Waals surface area contributed by atoms with Gasteiger partial charge < -0.3 is 9.64 Å². The SMILES string of the molecule is CC.COC(=O)N1CCN(C2CC(C)C2)CC1. The summed E-state index contributed by atoms with van der Waals surface area (Å²) in [5, 5.41) is 0. The van der Waals surface area contributed by atoms with E-state index in [1.807, 2.05) is 13.8 Å². The van der Waals surface area contributed by atoms with Gasteiger partial charge in [0, 0.05) is 32.2 Å². The third kappa shape index (κ3) is 3.60. The summed E-state index contributed by atoms with van der Waals surface area (Å²) in [7, 11) is 1.45. The van der Waals surface area contributed by atoms with E-state index in [-0.39, 0.29) is 6.09 Å². The van der Waals surface area contributed by atoms with Crippen molar-refractivity contribution in [3.05, 3.63) is 0 Å². The molecule has 0 bridgehead atoms. The molecule has 2 fully saturated rings. The van der Waals surface area contributed by atoms with Crippen molar-refractivity contribution in [1.82, 2.24) is 9.80 Å². The maximum atomic E-state index is 11.3. The van der Waals surface area contributed by atoms with Gasteiger partial charge in [-0.1, -0.05) is 20.8 Å². The molecule has 1 amide bonds. The first-order chi connectivity index (χ1) is 8.20. The van der Waals surface area contributed by atoms with Gasteiger partial charge in [0.05, 0.1) is 7.11 Å². The van der Waals surface area contributed by atoms with Gasteiger partial charge in [-0.25, -0.2) is 4.79 Å². The first-order valence-corrected chi connectivity index (χ1v) is 6.77. The molecule has 1 saturated heterocycles. The molecule has 1 heterocycles. The number of piperazine rings is 1. The summed E-state index contributed by atoms with van der Waals surface area (Å²) in [4.78, 5) is 15.6. The molecular formula is C13H26N2O2. The number of hydrogen-bond donors (Lipinski definition) is 0. The van der Waals surface area contributed by atoms with Crippen molar-refractivity contribution < 1.29 is 9.53 Å². The van der Waals surface area contributed by atoms with E-state index in [9.17, 15) is 4.79 Å². The van der Waals surface area contributed by atoms with Crippen LogP contribution in [0.1, 0.15) is 33.6 Å². The number of carbonyl (C=O) groups is 1. The predicted octanol–water partition coefficient (Wildman–Crippen LogP) is 2.20. The lowest BCUT2D eigenvalue weighted by molar-refractivity contribution is 0.0351. The molecule has 0 N–H and O–H groups in total. The van der Waals surface area contributed by atoms with E-state index < -0.39 is 0 Å². The molecule has 4 nitrogen and oxygen atoms in total. The van der Waals surface area contributed by atoms with Crippen LogP contribution in [-0.2, 0) is 4.74 Å². The van der Waals surface area contributed by atoms with Gasteiger partial charge in [0.2, 0.25) is 0 Å². The Labute approximate surface area is 105 Å². The number of methoxy groups -OCH3 is 1. The second kappa shape index (κ2) is 6.84. The smallest absolute Gasteiger partial charge is 0.409 e. The van der Waals surface area contributed by atoms with Gasteiger partial charge >= 0.3 is 6.09 Å². The van der Waals surface area contributed by atoms with Crippen LogP contribution < -0.4 is 0 Å². The van der Waals surface area contributed by atoms with Crippen LogP contribution in [0.2, 0.25) is 0 Å². The van der Waals surface area contributed by atoms with Crippen LogP contribution in [0.5, 0.6) is 0 Å². The molecule has 1 aliphatic heterocycles. The molecule has 0 aromatic carbocycles. The van der Waals surface area contributed by atoms with Gasteiger partial charge in [0.15, 0.2) is 0 Å². The molecule has 0 unspecified atom stereocenters. The van der Waals surface area contributed by atoms with Gasteiger partial charge in [-0.2, -0.15) is 0 Å². The molecular weight excluding hydrogens is 216 g/mol. The highest BCUT2D eigenvalue weighted by Gasteiger charge is 2.33. The highest BCUT2D eigenvalue weighted by atomic mass is 16.5. The Balaban J connectivity index is 0.000000686. The quantitative estimate of drug-likeness (QED) is 0.706. The predicted molar refractivity (Wildman–Crippen MR) is 69.1 cm³/mol. The van der Waals surface area contributed by atoms with Crippen LogP contribution in [0.15, 0.2) is 0 Å². The minimum absolute atomic E-state index is 0.184. The zero-order chi connectivity index (χ0) is 12.8. The number of hydrogen-bond acceptors (Lipinski definition) is 3. The van der Waals surface area contributed by atoms with Gasteiger partial charge in [0.1, 0.15) is 0 Å². The van der Waals surface area contributed by atoms with Crippen LogP contribution in [0.4, 0.5) is 4.79 Å². The van der Waals surface area contributed by atoms with Crippen molar-refractivity contribution in [2.24, 2.45) is 5.92 Å². The largest absolute Gasteiger partial charge is 0.453 e. The Morgan fingerprint density at radius 1 is 1.12 bits per heavy atom. The maximum Gasteiger partial charge on any atom is 0.409 e. The molecule has 2 aliphatic rings. The monoisotopic (exact) mass is 242 g/mol. The van der Waals surface area contributed by atoms with Crippen LogP contribution >= 0.6 is 0 Å². The van der Waals surface area contributed by atoms with Crippen LogP contribution in [0.25, 0.3) is 0 Å². The molecule has 0 aromatic rings. The number of amides is 1. The van der Waals surface area contributed by atoms with E-state index in [2.05, 4.69) is 11.8 Å². The molecule has 0 radical (unpaired) electrons. The lowest BCUT2D eigenvalue weighted by atomic mass is 9.80. The second-order valence-corrected chi connectivity index (χ2v) is 4.72. The average Bonchev–Trinajstić information content (AvgIpc) is 2.37. The van der Waals surface area contributed by atoms with E-state index in [4.69, 9.17) is 4.74 Å². The van der Waals surface area contributed by atoms with Crippen molar-refractivity contribution in [2.45, 2.75) is 39.7 Å². The highest BCUT2D eigenvalue weighted by molar-refractivity contribution is 5.67. The molecule has 17 heavy (non-hydrogen) atoms. The molecule has 1 saturated carbocycles. The third-order valence-corrected chi connectivity index (χ3v) is 3.61. The number of ether oxygens (including phenoxy) is 1. The Hall–Kier alpha value is -0.770. The minimum atomic E-state index is -0.184. The summed E-state index contributed by atoms with van der Waals surface area (Å²) >= 11 is 0. The van der Waals surface area contributed by atoms with Crippen molar-refractivity contribution in [2.75, 3.05) is 33.3 Å². The van der Waals surface area contributed by atoms with Crippen LogP contribution in [0, 0.1) is 5.92 Å². The van der Waals surface area contributed by atoms with E-state index in [0.717, 1.165) is 38.1 Å². The van der Waals surface area contributed by atoms with Crippen LogP contribution in [0.3, 0.4) is 0 Å². The van der Waals surface area contributed by atoms with E-state index >= 15 is 0 Å². The van der Waals surface area contributed by atoms with Gasteiger partial charge in [-0.05, 0) is 18.8 Å². The molecule has 1 aliphatic carbocycles. The Morgan fingerprint density at radius 2 is 1.65 bits per heavy atom. The van der Waals surface area contributed by atoms with E-state index in [1.165, 1.54) is 20.0 Å². The topological polar surface area (TPSA) is 32.8 Å². The van der Waals surface area contributed by atoms with Gasteiger partial charge in [-0.15, -0.1) is 0 Å². The summed E-state index contributed by atoms with van der Waals surface area (Å²) in [5.41, 5.74) is 0. The van der Waals surface area contributed by atoms with Gasteiger partial charge in [0.25, 0.3) is 0 Å². The number of rotatable bonds is 1. The summed E-state index contributed by atoms with van der Waals surface area (Å²) in [5.74, 6) is 0.897. The fourth-order valence-corrected chi connectivity index (χ4v) is 2.56. The van der Waals surface area contributed by atoms with Crippen molar-refractivity contribution in [1.29, 1.82) is 0 Å². The summed E-state index contributed by atoms with van der Waals surface area (Å²) in [6, 6.07) is 0.778. The summed E-state index contributed by atoms with van der Waals surface area (Å²) < 4.78 is 4.71. The molecule has 0 aromatic heterocycles. The lowest BCUT2D eigenvalue weighted by Gasteiger charge is -2.45. The highest BCUT2D eigenvalue weighted by Crippen LogP contribution is 2.31.